The number of hydrogen-bond donors (Lipinski definition) is 1. The molecule has 0 unspecified atom stereocenters. The lowest BCUT2D eigenvalue weighted by molar-refractivity contribution is -0.159. The number of nitrogens with one attached hydrogen (secondary N) is 1. The van der Waals surface area contributed by atoms with Crippen LogP contribution in [0.15, 0.2) is 22.9 Å². The minimum absolute atomic E-state index is 0.108. The van der Waals surface area contributed by atoms with E-state index in [0.717, 1.165) is 31.6 Å². The van der Waals surface area contributed by atoms with E-state index in [4.69, 9.17) is 0 Å². The molecule has 1 N–H and O–H groups in total. The lowest BCUT2D eigenvalue weighted by atomic mass is 9.95. The maximum Gasteiger partial charge on any atom is 0.471 e. The van der Waals surface area contributed by atoms with E-state index in [1.807, 2.05) is 0 Å². The van der Waals surface area contributed by atoms with E-state index < -0.39 is 12.1 Å². The molecule has 112 valence electrons. The Hall–Kier alpha value is -1.96. The highest BCUT2D eigenvalue weighted by molar-refractivity contribution is 5.52. The number of hydrogen-bond acceptors (Lipinski definition) is 5. The molecule has 1 aliphatic rings. The molecule has 0 aromatic carbocycles. The number of halogens is 3. The van der Waals surface area contributed by atoms with Crippen molar-refractivity contribution < 1.29 is 17.7 Å². The van der Waals surface area contributed by atoms with E-state index in [1.54, 1.807) is 12.1 Å². The number of nitrogens with zero attached hydrogens (tertiary/aromatic N) is 3. The summed E-state index contributed by atoms with van der Waals surface area (Å²) >= 11 is 0. The minimum Gasteiger partial charge on any atom is -0.329 e. The van der Waals surface area contributed by atoms with Crippen LogP contribution in [0.5, 0.6) is 0 Å². The van der Waals surface area contributed by atoms with Crippen LogP contribution in [0.2, 0.25) is 0 Å². The van der Waals surface area contributed by atoms with Gasteiger partial charge in [0, 0.05) is 29.9 Å². The van der Waals surface area contributed by atoms with Crippen LogP contribution in [0.3, 0.4) is 0 Å². The Bertz CT molecular complexity index is 603. The Labute approximate surface area is 118 Å². The molecule has 0 saturated carbocycles. The molecule has 1 fully saturated rings. The summed E-state index contributed by atoms with van der Waals surface area (Å²) in [6, 6.07) is 3.47. The zero-order valence-corrected chi connectivity index (χ0v) is 11.0. The number of piperidine rings is 1. The molecule has 0 radical (unpaired) electrons. The third-order valence-electron chi connectivity index (χ3n) is 3.43. The SMILES string of the molecule is FC(F)(F)c1nc(-c2ccc([C@H]3CCCNC3)nc2)no1. The van der Waals surface area contributed by atoms with Crippen molar-refractivity contribution in [3.63, 3.8) is 0 Å². The molecule has 1 aliphatic heterocycles. The van der Waals surface area contributed by atoms with Crippen molar-refractivity contribution in [2.45, 2.75) is 24.9 Å². The summed E-state index contributed by atoms with van der Waals surface area (Å²) in [5.74, 6) is -1.12. The summed E-state index contributed by atoms with van der Waals surface area (Å²) < 4.78 is 41.4. The van der Waals surface area contributed by atoms with Gasteiger partial charge in [0.05, 0.1) is 0 Å². The number of pyridine rings is 1. The number of rotatable bonds is 2. The molecule has 1 atom stereocenters. The molecule has 8 heteroatoms. The first kappa shape index (κ1) is 14.0. The largest absolute Gasteiger partial charge is 0.471 e. The molecule has 21 heavy (non-hydrogen) atoms. The summed E-state index contributed by atoms with van der Waals surface area (Å²) in [5.41, 5.74) is 1.33. The van der Waals surface area contributed by atoms with Crippen molar-refractivity contribution in [2.75, 3.05) is 13.1 Å². The first-order valence-electron chi connectivity index (χ1n) is 6.62. The van der Waals surface area contributed by atoms with Gasteiger partial charge in [-0.3, -0.25) is 4.98 Å². The van der Waals surface area contributed by atoms with E-state index in [9.17, 15) is 13.2 Å². The molecule has 5 nitrogen and oxygen atoms in total. The van der Waals surface area contributed by atoms with E-state index in [1.165, 1.54) is 6.20 Å². The Balaban J connectivity index is 1.79. The van der Waals surface area contributed by atoms with Crippen molar-refractivity contribution in [1.82, 2.24) is 20.4 Å². The maximum atomic E-state index is 12.4. The van der Waals surface area contributed by atoms with Gasteiger partial charge in [0.25, 0.3) is 0 Å². The Morgan fingerprint density at radius 1 is 1.29 bits per heavy atom. The van der Waals surface area contributed by atoms with Crippen molar-refractivity contribution in [3.8, 4) is 11.4 Å². The minimum atomic E-state index is -4.63. The average Bonchev–Trinajstić information content (AvgIpc) is 2.98. The lowest BCUT2D eigenvalue weighted by Crippen LogP contribution is -2.28. The second-order valence-corrected chi connectivity index (χ2v) is 4.94. The van der Waals surface area contributed by atoms with Gasteiger partial charge in [-0.25, -0.2) is 0 Å². The summed E-state index contributed by atoms with van der Waals surface area (Å²) in [7, 11) is 0. The average molecular weight is 298 g/mol. The third-order valence-corrected chi connectivity index (χ3v) is 3.43. The monoisotopic (exact) mass is 298 g/mol. The predicted molar refractivity (Wildman–Crippen MR) is 67.4 cm³/mol. The van der Waals surface area contributed by atoms with Crippen molar-refractivity contribution in [1.29, 1.82) is 0 Å². The molecule has 2 aromatic heterocycles. The van der Waals surface area contributed by atoms with Crippen LogP contribution in [-0.4, -0.2) is 28.2 Å². The fraction of sp³-hybridized carbons (Fsp3) is 0.462. The molecular formula is C13H13F3N4O. The second kappa shape index (κ2) is 5.44. The number of aromatic nitrogens is 3. The van der Waals surface area contributed by atoms with Gasteiger partial charge in [-0.2, -0.15) is 18.2 Å². The van der Waals surface area contributed by atoms with Crippen LogP contribution in [0.25, 0.3) is 11.4 Å². The Morgan fingerprint density at radius 2 is 2.14 bits per heavy atom. The van der Waals surface area contributed by atoms with Gasteiger partial charge in [-0.15, -0.1) is 0 Å². The van der Waals surface area contributed by atoms with Gasteiger partial charge in [0.2, 0.25) is 5.82 Å². The molecular weight excluding hydrogens is 285 g/mol. The maximum absolute atomic E-state index is 12.4. The zero-order valence-electron chi connectivity index (χ0n) is 11.0. The summed E-state index contributed by atoms with van der Waals surface area (Å²) in [4.78, 5) is 7.65. The Kier molecular flexibility index (Phi) is 3.62. The normalized spacial score (nSPS) is 19.7. The van der Waals surface area contributed by atoms with Gasteiger partial charge >= 0.3 is 12.1 Å². The molecule has 2 aromatic rings. The predicted octanol–water partition coefficient (Wildman–Crippen LogP) is 2.62. The van der Waals surface area contributed by atoms with Gasteiger partial charge in [0.15, 0.2) is 0 Å². The molecule has 0 amide bonds. The van der Waals surface area contributed by atoms with Gasteiger partial charge < -0.3 is 9.84 Å². The molecule has 0 bridgehead atoms. The fourth-order valence-corrected chi connectivity index (χ4v) is 2.34. The van der Waals surface area contributed by atoms with Crippen LogP contribution in [0.1, 0.15) is 30.3 Å². The number of alkyl halides is 3. The van der Waals surface area contributed by atoms with Crippen molar-refractivity contribution in [2.24, 2.45) is 0 Å². The second-order valence-electron chi connectivity index (χ2n) is 4.94. The molecule has 3 rings (SSSR count). The van der Waals surface area contributed by atoms with Crippen LogP contribution >= 0.6 is 0 Å². The summed E-state index contributed by atoms with van der Waals surface area (Å²) in [6.07, 6.45) is -1.00. The van der Waals surface area contributed by atoms with Crippen LogP contribution in [0, 0.1) is 0 Å². The highest BCUT2D eigenvalue weighted by atomic mass is 19.4. The smallest absolute Gasteiger partial charge is 0.329 e. The first-order valence-corrected chi connectivity index (χ1v) is 6.62. The molecule has 3 heterocycles. The quantitative estimate of drug-likeness (QED) is 0.923. The molecule has 1 saturated heterocycles. The lowest BCUT2D eigenvalue weighted by Gasteiger charge is -2.22. The van der Waals surface area contributed by atoms with Gasteiger partial charge in [0.1, 0.15) is 0 Å². The summed E-state index contributed by atoms with van der Waals surface area (Å²) in [5, 5.41) is 6.63. The van der Waals surface area contributed by atoms with Crippen LogP contribution in [-0.2, 0) is 6.18 Å². The van der Waals surface area contributed by atoms with E-state index in [-0.39, 0.29) is 5.82 Å². The van der Waals surface area contributed by atoms with Crippen molar-refractivity contribution in [3.05, 3.63) is 29.9 Å². The highest BCUT2D eigenvalue weighted by Gasteiger charge is 2.38. The van der Waals surface area contributed by atoms with Crippen molar-refractivity contribution >= 4 is 0 Å². The van der Waals surface area contributed by atoms with E-state index in [0.29, 0.717) is 11.5 Å². The third kappa shape index (κ3) is 3.05. The van der Waals surface area contributed by atoms with E-state index in [2.05, 4.69) is 25.0 Å². The molecule has 0 spiro atoms. The Morgan fingerprint density at radius 3 is 2.71 bits per heavy atom. The van der Waals surface area contributed by atoms with Crippen LogP contribution < -0.4 is 5.32 Å². The standard InChI is InChI=1S/C13H13F3N4O/c14-13(15,16)12-19-11(20-21-12)9-3-4-10(18-7-9)8-2-1-5-17-6-8/h3-4,7-8,17H,1-2,5-6H2/t8-/m0/s1. The topological polar surface area (TPSA) is 63.8 Å². The van der Waals surface area contributed by atoms with Gasteiger partial charge in [-0.05, 0) is 31.5 Å². The molecule has 0 aliphatic carbocycles. The fourth-order valence-electron chi connectivity index (χ4n) is 2.34. The first-order chi connectivity index (χ1) is 10.0. The zero-order chi connectivity index (χ0) is 14.9. The highest BCUT2D eigenvalue weighted by Crippen LogP contribution is 2.29. The van der Waals surface area contributed by atoms with Gasteiger partial charge in [-0.1, -0.05) is 5.16 Å². The van der Waals surface area contributed by atoms with E-state index >= 15 is 0 Å². The summed E-state index contributed by atoms with van der Waals surface area (Å²) in [6.45, 7) is 1.88. The van der Waals surface area contributed by atoms with Crippen LogP contribution in [0.4, 0.5) is 13.2 Å².